The predicted octanol–water partition coefficient (Wildman–Crippen LogP) is 1.52. The number of hydrogen-bond acceptors (Lipinski definition) is 6. The molecule has 0 saturated heterocycles. The van der Waals surface area contributed by atoms with E-state index in [0.29, 0.717) is 17.2 Å². The van der Waals surface area contributed by atoms with Gasteiger partial charge in [-0.05, 0) is 0 Å². The molecule has 0 bridgehead atoms. The number of ether oxygens (including phenoxy) is 1. The molecule has 2 N–H and O–H groups in total. The van der Waals surface area contributed by atoms with Crippen LogP contribution < -0.4 is 8.53 Å². The van der Waals surface area contributed by atoms with Crippen molar-refractivity contribution in [2.75, 3.05) is 6.35 Å². The Kier molecular flexibility index (Phi) is 4.57. The van der Waals surface area contributed by atoms with E-state index >= 15 is 0 Å². The summed E-state index contributed by atoms with van der Waals surface area (Å²) in [5.41, 5.74) is 1.77. The van der Waals surface area contributed by atoms with Crippen molar-refractivity contribution in [3.05, 3.63) is 11.6 Å². The molecule has 6 nitrogen and oxygen atoms in total. The molecule has 0 amide bonds. The van der Waals surface area contributed by atoms with Crippen molar-refractivity contribution in [2.24, 2.45) is 0 Å². The second-order valence-corrected chi connectivity index (χ2v) is 10.4. The van der Waals surface area contributed by atoms with Gasteiger partial charge in [-0.1, -0.05) is 0 Å². The fourth-order valence-electron chi connectivity index (χ4n) is 2.22. The first-order valence-electron chi connectivity index (χ1n) is 6.35. The van der Waals surface area contributed by atoms with Gasteiger partial charge in [0.15, 0.2) is 0 Å². The van der Waals surface area contributed by atoms with Crippen molar-refractivity contribution in [1.82, 2.24) is 4.98 Å². The Morgan fingerprint density at radius 3 is 2.91 bits per heavy atom. The fraction of sp³-hybridized carbons (Fsp3) is 0.333. The molecule has 0 radical (unpaired) electrons. The summed E-state index contributed by atoms with van der Waals surface area (Å²) >= 11 is 4.00. The summed E-state index contributed by atoms with van der Waals surface area (Å²) in [7, 11) is -4.27. The van der Waals surface area contributed by atoms with Gasteiger partial charge in [-0.25, -0.2) is 0 Å². The van der Waals surface area contributed by atoms with Gasteiger partial charge in [-0.3, -0.25) is 0 Å². The fourth-order valence-corrected chi connectivity index (χ4v) is 5.22. The number of hydrogen-bond donors (Lipinski definition) is 2. The first-order chi connectivity index (χ1) is 10.4. The van der Waals surface area contributed by atoms with Crippen LogP contribution in [-0.2, 0) is 4.57 Å². The van der Waals surface area contributed by atoms with Gasteiger partial charge < -0.3 is 0 Å². The first kappa shape index (κ1) is 16.3. The van der Waals surface area contributed by atoms with Crippen LogP contribution in [-0.4, -0.2) is 38.0 Å². The quantitative estimate of drug-likeness (QED) is 0.329. The molecule has 1 atom stereocenters. The van der Waals surface area contributed by atoms with Crippen LogP contribution >= 0.6 is 30.7 Å². The molecule has 1 saturated carbocycles. The summed E-state index contributed by atoms with van der Waals surface area (Å²) in [6, 6.07) is 1.69. The number of thioether (sulfide) groups is 1. The molecule has 1 fully saturated rings. The standard InChI is InChI=1S/C12H12AsN2O4PS2/c13-12-15-10-7(19-5-20(16,17)18)3-8(21-4-14)9(6-1-2-6)11(10)22-12/h3,6H,1-2,5,13H2,(H2,16,17,18). The number of nitrogens with zero attached hydrogens (tertiary/aromatic N) is 2. The van der Waals surface area contributed by atoms with Crippen LogP contribution in [0, 0.1) is 10.7 Å². The molecule has 1 heterocycles. The Balaban J connectivity index is 2.13. The third-order valence-electron chi connectivity index (χ3n) is 3.18. The van der Waals surface area contributed by atoms with Crippen LogP contribution in [0.15, 0.2) is 11.0 Å². The molecule has 1 aliphatic carbocycles. The van der Waals surface area contributed by atoms with Gasteiger partial charge in [-0.15, -0.1) is 0 Å². The van der Waals surface area contributed by atoms with Crippen LogP contribution in [0.4, 0.5) is 0 Å². The van der Waals surface area contributed by atoms with Crippen LogP contribution in [0.3, 0.4) is 0 Å². The second-order valence-electron chi connectivity index (χ2n) is 4.92. The molecule has 2 aromatic rings. The van der Waals surface area contributed by atoms with Crippen molar-refractivity contribution in [1.29, 1.82) is 5.26 Å². The van der Waals surface area contributed by atoms with Gasteiger partial charge in [0.25, 0.3) is 0 Å². The first-order valence-corrected chi connectivity index (χ1v) is 11.0. The maximum atomic E-state index is 11.0. The van der Waals surface area contributed by atoms with Gasteiger partial charge in [0.2, 0.25) is 0 Å². The summed E-state index contributed by atoms with van der Waals surface area (Å²) < 4.78 is 18.2. The molecule has 0 aliphatic heterocycles. The van der Waals surface area contributed by atoms with Crippen molar-refractivity contribution in [2.45, 2.75) is 23.7 Å². The molecular formula is C12H12AsN2O4PS2. The van der Waals surface area contributed by atoms with Gasteiger partial charge in [-0.2, -0.15) is 0 Å². The average Bonchev–Trinajstić information content (AvgIpc) is 3.16. The Morgan fingerprint density at radius 1 is 1.59 bits per heavy atom. The van der Waals surface area contributed by atoms with E-state index < -0.39 is 13.9 Å². The average molecular weight is 418 g/mol. The van der Waals surface area contributed by atoms with Crippen molar-refractivity contribution in [3.63, 3.8) is 0 Å². The molecule has 1 aromatic carbocycles. The van der Waals surface area contributed by atoms with E-state index in [2.05, 4.69) is 10.4 Å². The number of benzene rings is 1. The van der Waals surface area contributed by atoms with E-state index in [1.54, 1.807) is 17.4 Å². The third-order valence-corrected chi connectivity index (χ3v) is 6.22. The van der Waals surface area contributed by atoms with Gasteiger partial charge in [0.1, 0.15) is 0 Å². The predicted molar refractivity (Wildman–Crippen MR) is 88.8 cm³/mol. The zero-order valence-electron chi connectivity index (χ0n) is 11.2. The molecule has 3 rings (SSSR count). The maximum absolute atomic E-state index is 11.0. The van der Waals surface area contributed by atoms with E-state index in [1.807, 2.05) is 0 Å². The number of nitriles is 1. The van der Waals surface area contributed by atoms with Gasteiger partial charge in [0.05, 0.1) is 0 Å². The molecule has 0 spiro atoms. The number of thiazole rings is 1. The topological polar surface area (TPSA) is 103 Å². The number of fused-ring (bicyclic) bond motifs is 1. The van der Waals surface area contributed by atoms with E-state index in [4.69, 9.17) is 19.8 Å². The minimum absolute atomic E-state index is 0.334. The molecule has 1 unspecified atom stereocenters. The van der Waals surface area contributed by atoms with Crippen LogP contribution in [0.2, 0.25) is 0 Å². The molecule has 22 heavy (non-hydrogen) atoms. The second kappa shape index (κ2) is 6.16. The van der Waals surface area contributed by atoms with Gasteiger partial charge >= 0.3 is 144 Å². The summed E-state index contributed by atoms with van der Waals surface area (Å²) in [5.74, 6) is 0.780. The van der Waals surface area contributed by atoms with Crippen molar-refractivity contribution >= 4 is 61.6 Å². The zero-order valence-corrected chi connectivity index (χ0v) is 16.2. The van der Waals surface area contributed by atoms with Crippen molar-refractivity contribution < 1.29 is 19.1 Å². The Morgan fingerprint density at radius 2 is 2.32 bits per heavy atom. The van der Waals surface area contributed by atoms with E-state index in [-0.39, 0.29) is 0 Å². The summed E-state index contributed by atoms with van der Waals surface area (Å²) in [6.07, 6.45) is 1.50. The number of rotatable bonds is 5. The van der Waals surface area contributed by atoms with E-state index in [1.165, 1.54) is 16.9 Å². The van der Waals surface area contributed by atoms with Crippen LogP contribution in [0.25, 0.3) is 10.2 Å². The SMILES string of the molecule is N#CSc1cc(OCP(=O)(O)O)c2nc([AsH2])sc2c1C1CC1. The molecular weight excluding hydrogens is 406 g/mol. The van der Waals surface area contributed by atoms with E-state index in [0.717, 1.165) is 43.6 Å². The third kappa shape index (κ3) is 3.51. The van der Waals surface area contributed by atoms with Gasteiger partial charge in [0, 0.05) is 0 Å². The summed E-state index contributed by atoms with van der Waals surface area (Å²) in [4.78, 5) is 23.3. The normalized spacial score (nSPS) is 15.0. The number of thiocyanates is 1. The van der Waals surface area contributed by atoms with Crippen molar-refractivity contribution in [3.8, 4) is 11.2 Å². The molecule has 10 heteroatoms. The number of aromatic nitrogens is 1. The summed E-state index contributed by atoms with van der Waals surface area (Å²) in [5, 5.41) is 11.1. The van der Waals surface area contributed by atoms with E-state index in [9.17, 15) is 4.57 Å². The molecule has 116 valence electrons. The van der Waals surface area contributed by atoms with Crippen LogP contribution in [0.5, 0.6) is 5.75 Å². The minimum atomic E-state index is -4.27. The van der Waals surface area contributed by atoms with Crippen LogP contribution in [0.1, 0.15) is 24.3 Å². The Hall–Kier alpha value is -0.542. The Labute approximate surface area is 143 Å². The Bertz CT molecular complexity index is 825. The monoisotopic (exact) mass is 418 g/mol. The zero-order chi connectivity index (χ0) is 15.9. The molecule has 1 aromatic heterocycles. The summed E-state index contributed by atoms with van der Waals surface area (Å²) in [6.45, 7) is 0. The molecule has 1 aliphatic rings.